The Kier molecular flexibility index (Phi) is 6.64. The van der Waals surface area contributed by atoms with Crippen LogP contribution in [0.15, 0.2) is 0 Å². The van der Waals surface area contributed by atoms with Gasteiger partial charge >= 0.3 is 5.97 Å². The number of hydrazine groups is 2. The topological polar surface area (TPSA) is 53.6 Å². The lowest BCUT2D eigenvalue weighted by Gasteiger charge is -2.20. The van der Waals surface area contributed by atoms with Crippen molar-refractivity contribution in [2.45, 2.75) is 13.8 Å². The number of hydrogen-bond acceptors (Lipinski definition) is 5. The first-order chi connectivity index (χ1) is 5.74. The molecular weight excluding hydrogens is 158 g/mol. The number of nitrogens with zero attached hydrogens (tertiary/aromatic N) is 1. The molecule has 0 aliphatic carbocycles. The van der Waals surface area contributed by atoms with Crippen molar-refractivity contribution in [3.05, 3.63) is 0 Å². The molecule has 5 nitrogen and oxygen atoms in total. The standard InChI is InChI=1S/C7H17N3O2/c1-4-8-10(9-5-2)6-7(11)12-3/h8-9H,4-6H2,1-3H3. The zero-order valence-electron chi connectivity index (χ0n) is 7.89. The second-order valence-corrected chi connectivity index (χ2v) is 2.19. The molecule has 0 aliphatic heterocycles. The molecule has 0 aromatic heterocycles. The van der Waals surface area contributed by atoms with Gasteiger partial charge < -0.3 is 4.74 Å². The average Bonchev–Trinajstić information content (AvgIpc) is 2.05. The number of rotatable bonds is 6. The molecule has 0 aromatic carbocycles. The fourth-order valence-electron chi connectivity index (χ4n) is 0.743. The molecule has 72 valence electrons. The van der Waals surface area contributed by atoms with Crippen molar-refractivity contribution in [3.63, 3.8) is 0 Å². The smallest absolute Gasteiger partial charge is 0.322 e. The molecule has 2 N–H and O–H groups in total. The lowest BCUT2D eigenvalue weighted by atomic mass is 10.6. The maximum Gasteiger partial charge on any atom is 0.322 e. The Morgan fingerprint density at radius 1 is 1.33 bits per heavy atom. The fourth-order valence-corrected chi connectivity index (χ4v) is 0.743. The third-order valence-electron chi connectivity index (χ3n) is 1.21. The number of esters is 1. The van der Waals surface area contributed by atoms with E-state index < -0.39 is 0 Å². The van der Waals surface area contributed by atoms with E-state index in [1.807, 2.05) is 13.8 Å². The van der Waals surface area contributed by atoms with Gasteiger partial charge in [0.1, 0.15) is 6.54 Å². The molecule has 5 heteroatoms. The first-order valence-electron chi connectivity index (χ1n) is 4.05. The van der Waals surface area contributed by atoms with E-state index in [0.29, 0.717) is 0 Å². The lowest BCUT2D eigenvalue weighted by molar-refractivity contribution is -0.143. The van der Waals surface area contributed by atoms with Gasteiger partial charge in [0.25, 0.3) is 0 Å². The highest BCUT2D eigenvalue weighted by atomic mass is 16.5. The Morgan fingerprint density at radius 2 is 1.83 bits per heavy atom. The van der Waals surface area contributed by atoms with Gasteiger partial charge in [-0.3, -0.25) is 4.79 Å². The Morgan fingerprint density at radius 3 is 2.17 bits per heavy atom. The van der Waals surface area contributed by atoms with Gasteiger partial charge in [-0.15, -0.1) is 0 Å². The Labute approximate surface area is 73.0 Å². The first-order valence-corrected chi connectivity index (χ1v) is 4.05. The minimum atomic E-state index is -0.267. The van der Waals surface area contributed by atoms with E-state index in [-0.39, 0.29) is 12.5 Å². The molecule has 0 unspecified atom stereocenters. The predicted molar refractivity (Wildman–Crippen MR) is 46.1 cm³/mol. The summed E-state index contributed by atoms with van der Waals surface area (Å²) in [5.41, 5.74) is 5.94. The van der Waals surface area contributed by atoms with Gasteiger partial charge in [-0.2, -0.15) is 5.12 Å². The lowest BCUT2D eigenvalue weighted by Crippen LogP contribution is -2.50. The Hall–Kier alpha value is -0.650. The van der Waals surface area contributed by atoms with Gasteiger partial charge in [0, 0.05) is 13.1 Å². The summed E-state index contributed by atoms with van der Waals surface area (Å²) in [7, 11) is 1.37. The van der Waals surface area contributed by atoms with Crippen LogP contribution < -0.4 is 10.9 Å². The van der Waals surface area contributed by atoms with Crippen LogP contribution in [0.5, 0.6) is 0 Å². The van der Waals surface area contributed by atoms with Crippen LogP contribution in [0.2, 0.25) is 0 Å². The van der Waals surface area contributed by atoms with Gasteiger partial charge in [0.2, 0.25) is 0 Å². The largest absolute Gasteiger partial charge is 0.468 e. The van der Waals surface area contributed by atoms with E-state index in [4.69, 9.17) is 0 Å². The molecule has 0 bridgehead atoms. The molecule has 0 amide bonds. The maximum atomic E-state index is 10.8. The molecule has 0 aromatic rings. The van der Waals surface area contributed by atoms with Crippen LogP contribution in [-0.4, -0.2) is 37.8 Å². The molecule has 0 atom stereocenters. The Bertz CT molecular complexity index is 124. The molecule has 0 heterocycles. The molecule has 0 rings (SSSR count). The van der Waals surface area contributed by atoms with E-state index >= 15 is 0 Å². The molecule has 0 saturated heterocycles. The number of nitrogens with one attached hydrogen (secondary N) is 2. The van der Waals surface area contributed by atoms with Gasteiger partial charge in [-0.1, -0.05) is 13.8 Å². The number of ether oxygens (including phenoxy) is 1. The van der Waals surface area contributed by atoms with Gasteiger partial charge in [-0.05, 0) is 0 Å². The molecule has 0 spiro atoms. The highest BCUT2D eigenvalue weighted by Crippen LogP contribution is 1.79. The van der Waals surface area contributed by atoms with E-state index in [1.54, 1.807) is 5.12 Å². The van der Waals surface area contributed by atoms with E-state index in [9.17, 15) is 4.79 Å². The minimum absolute atomic E-state index is 0.207. The Balaban J connectivity index is 3.68. The average molecular weight is 175 g/mol. The zero-order valence-corrected chi connectivity index (χ0v) is 7.89. The van der Waals surface area contributed by atoms with E-state index in [0.717, 1.165) is 13.1 Å². The van der Waals surface area contributed by atoms with Gasteiger partial charge in [0.05, 0.1) is 7.11 Å². The summed E-state index contributed by atoms with van der Waals surface area (Å²) in [5.74, 6) is -0.267. The third-order valence-corrected chi connectivity index (χ3v) is 1.21. The number of carbonyl (C=O) groups is 1. The quantitative estimate of drug-likeness (QED) is 0.421. The molecule has 0 radical (unpaired) electrons. The van der Waals surface area contributed by atoms with Crippen LogP contribution in [0.1, 0.15) is 13.8 Å². The van der Waals surface area contributed by atoms with Crippen molar-refractivity contribution in [1.29, 1.82) is 0 Å². The van der Waals surface area contributed by atoms with Crippen molar-refractivity contribution in [3.8, 4) is 0 Å². The molecular formula is C7H17N3O2. The highest BCUT2D eigenvalue weighted by molar-refractivity contribution is 5.71. The highest BCUT2D eigenvalue weighted by Gasteiger charge is 2.07. The summed E-state index contributed by atoms with van der Waals surface area (Å²) in [6.07, 6.45) is 0. The summed E-state index contributed by atoms with van der Waals surface area (Å²) < 4.78 is 4.51. The van der Waals surface area contributed by atoms with E-state index in [1.165, 1.54) is 7.11 Å². The molecule has 0 fully saturated rings. The van der Waals surface area contributed by atoms with Crippen LogP contribution >= 0.6 is 0 Å². The van der Waals surface area contributed by atoms with E-state index in [2.05, 4.69) is 15.6 Å². The van der Waals surface area contributed by atoms with Gasteiger partial charge in [0.15, 0.2) is 0 Å². The maximum absolute atomic E-state index is 10.8. The SMILES string of the molecule is CCNN(CC(=O)OC)NCC. The van der Waals surface area contributed by atoms with Gasteiger partial charge in [-0.25, -0.2) is 10.9 Å². The van der Waals surface area contributed by atoms with Crippen molar-refractivity contribution >= 4 is 5.97 Å². The molecule has 0 saturated carbocycles. The van der Waals surface area contributed by atoms with Crippen LogP contribution in [-0.2, 0) is 9.53 Å². The van der Waals surface area contributed by atoms with Crippen molar-refractivity contribution < 1.29 is 9.53 Å². The minimum Gasteiger partial charge on any atom is -0.468 e. The molecule has 0 aliphatic rings. The van der Waals surface area contributed by atoms with Crippen molar-refractivity contribution in [2.24, 2.45) is 0 Å². The number of methoxy groups -OCH3 is 1. The van der Waals surface area contributed by atoms with Crippen LogP contribution in [0.3, 0.4) is 0 Å². The fraction of sp³-hybridized carbons (Fsp3) is 0.857. The second kappa shape index (κ2) is 7.02. The first kappa shape index (κ1) is 11.4. The predicted octanol–water partition coefficient (Wildman–Crippen LogP) is -0.490. The normalized spacial score (nSPS) is 10.3. The van der Waals surface area contributed by atoms with Crippen molar-refractivity contribution in [2.75, 3.05) is 26.7 Å². The zero-order chi connectivity index (χ0) is 9.40. The van der Waals surface area contributed by atoms with Crippen molar-refractivity contribution in [1.82, 2.24) is 16.0 Å². The number of carbonyl (C=O) groups excluding carboxylic acids is 1. The monoisotopic (exact) mass is 175 g/mol. The summed E-state index contributed by atoms with van der Waals surface area (Å²) in [5, 5.41) is 1.62. The molecule has 12 heavy (non-hydrogen) atoms. The summed E-state index contributed by atoms with van der Waals surface area (Å²) in [6, 6.07) is 0. The second-order valence-electron chi connectivity index (χ2n) is 2.19. The van der Waals surface area contributed by atoms with Crippen LogP contribution in [0.25, 0.3) is 0 Å². The summed E-state index contributed by atoms with van der Waals surface area (Å²) >= 11 is 0. The number of hydrogen-bond donors (Lipinski definition) is 2. The third kappa shape index (κ3) is 5.06. The summed E-state index contributed by atoms with van der Waals surface area (Å²) in [4.78, 5) is 10.8. The summed E-state index contributed by atoms with van der Waals surface area (Å²) in [6.45, 7) is 5.66. The van der Waals surface area contributed by atoms with Crippen LogP contribution in [0, 0.1) is 0 Å². The van der Waals surface area contributed by atoms with Crippen LogP contribution in [0.4, 0.5) is 0 Å².